The van der Waals surface area contributed by atoms with E-state index >= 15 is 0 Å². The Balaban J connectivity index is 2.05. The molecule has 2 N–H and O–H groups in total. The van der Waals surface area contributed by atoms with Crippen LogP contribution in [0.5, 0.6) is 0 Å². The number of anilines is 1. The molecular weight excluding hydrogens is 254 g/mol. The second-order valence-electron chi connectivity index (χ2n) is 5.30. The molecule has 0 unspecified atom stereocenters. The summed E-state index contributed by atoms with van der Waals surface area (Å²) >= 11 is 0. The molecular formula is C16H23NO3. The van der Waals surface area contributed by atoms with E-state index in [-0.39, 0.29) is 0 Å². The van der Waals surface area contributed by atoms with Gasteiger partial charge in [-0.15, -0.1) is 0 Å². The minimum absolute atomic E-state index is 0.296. The van der Waals surface area contributed by atoms with Gasteiger partial charge in [-0.25, -0.2) is 4.79 Å². The van der Waals surface area contributed by atoms with Gasteiger partial charge in [0.05, 0.1) is 25.4 Å². The van der Waals surface area contributed by atoms with E-state index in [9.17, 15) is 4.79 Å². The smallest absolute Gasteiger partial charge is 0.340 e. The Kier molecular flexibility index (Phi) is 5.41. The van der Waals surface area contributed by atoms with E-state index < -0.39 is 5.97 Å². The monoisotopic (exact) mass is 277 g/mol. The number of methoxy groups -OCH3 is 1. The molecule has 2 rings (SSSR count). The highest BCUT2D eigenvalue weighted by Gasteiger charge is 2.18. The van der Waals surface area contributed by atoms with Gasteiger partial charge < -0.3 is 15.2 Å². The van der Waals surface area contributed by atoms with Crippen LogP contribution in [0.4, 0.5) is 5.69 Å². The van der Waals surface area contributed by atoms with Gasteiger partial charge in [0.2, 0.25) is 0 Å². The van der Waals surface area contributed by atoms with Crippen molar-refractivity contribution in [3.05, 3.63) is 29.3 Å². The van der Waals surface area contributed by atoms with E-state index in [0.717, 1.165) is 18.4 Å². The topological polar surface area (TPSA) is 61.5 Å². The number of carbonyl (C=O) groups excluding carboxylic acids is 1. The summed E-state index contributed by atoms with van der Waals surface area (Å²) in [7, 11) is 1.37. The number of rotatable bonds is 4. The molecule has 0 spiro atoms. The number of nitrogens with two attached hydrogens (primary N) is 1. The lowest BCUT2D eigenvalue weighted by atomic mass is 10.1. The van der Waals surface area contributed by atoms with Crippen LogP contribution in [0.2, 0.25) is 0 Å². The van der Waals surface area contributed by atoms with Crippen LogP contribution >= 0.6 is 0 Å². The Morgan fingerprint density at radius 3 is 2.60 bits per heavy atom. The zero-order chi connectivity index (χ0) is 14.4. The lowest BCUT2D eigenvalue weighted by molar-refractivity contribution is 0.0297. The fourth-order valence-electron chi connectivity index (χ4n) is 2.71. The fraction of sp³-hybridized carbons (Fsp3) is 0.562. The summed E-state index contributed by atoms with van der Waals surface area (Å²) in [5.74, 6) is -0.400. The fourth-order valence-corrected chi connectivity index (χ4v) is 2.71. The first-order chi connectivity index (χ1) is 9.72. The van der Waals surface area contributed by atoms with Crippen molar-refractivity contribution in [1.29, 1.82) is 0 Å². The van der Waals surface area contributed by atoms with E-state index in [1.165, 1.54) is 32.8 Å². The largest absolute Gasteiger partial charge is 0.465 e. The summed E-state index contributed by atoms with van der Waals surface area (Å²) in [5.41, 5.74) is 7.56. The number of esters is 1. The van der Waals surface area contributed by atoms with Crippen molar-refractivity contribution in [1.82, 2.24) is 0 Å². The molecule has 1 aliphatic carbocycles. The van der Waals surface area contributed by atoms with E-state index in [2.05, 4.69) is 0 Å². The predicted octanol–water partition coefficient (Wildman–Crippen LogP) is 3.29. The van der Waals surface area contributed by atoms with Gasteiger partial charge in [-0.2, -0.15) is 0 Å². The quantitative estimate of drug-likeness (QED) is 0.521. The molecule has 1 aromatic carbocycles. The molecule has 0 atom stereocenters. The molecule has 0 bridgehead atoms. The predicted molar refractivity (Wildman–Crippen MR) is 78.5 cm³/mol. The molecule has 4 nitrogen and oxygen atoms in total. The second-order valence-corrected chi connectivity index (χ2v) is 5.30. The molecule has 0 heterocycles. The number of carbonyl (C=O) groups is 1. The maximum absolute atomic E-state index is 11.8. The van der Waals surface area contributed by atoms with Crippen LogP contribution in [0, 0.1) is 0 Å². The second kappa shape index (κ2) is 7.29. The maximum Gasteiger partial charge on any atom is 0.340 e. The summed E-state index contributed by atoms with van der Waals surface area (Å²) < 4.78 is 10.8. The van der Waals surface area contributed by atoms with Crippen LogP contribution in [-0.4, -0.2) is 19.2 Å². The Morgan fingerprint density at radius 2 is 1.95 bits per heavy atom. The van der Waals surface area contributed by atoms with Crippen molar-refractivity contribution in [2.24, 2.45) is 0 Å². The molecule has 1 saturated carbocycles. The lowest BCUT2D eigenvalue weighted by Gasteiger charge is -2.17. The highest BCUT2D eigenvalue weighted by molar-refractivity contribution is 5.96. The number of hydrogen-bond acceptors (Lipinski definition) is 4. The van der Waals surface area contributed by atoms with E-state index in [4.69, 9.17) is 15.2 Å². The van der Waals surface area contributed by atoms with E-state index in [1.54, 1.807) is 6.07 Å². The summed E-state index contributed by atoms with van der Waals surface area (Å²) in [6.45, 7) is 0.417. The normalized spacial score (nSPS) is 16.6. The van der Waals surface area contributed by atoms with Crippen LogP contribution in [0.3, 0.4) is 0 Å². The minimum Gasteiger partial charge on any atom is -0.465 e. The SMILES string of the molecule is COC(=O)c1c(N)cccc1COC1CCCCCC1. The average molecular weight is 277 g/mol. The molecule has 20 heavy (non-hydrogen) atoms. The summed E-state index contributed by atoms with van der Waals surface area (Å²) in [6, 6.07) is 5.42. The van der Waals surface area contributed by atoms with Crippen molar-refractivity contribution >= 4 is 11.7 Å². The molecule has 1 aromatic rings. The van der Waals surface area contributed by atoms with Crippen LogP contribution in [0.1, 0.15) is 54.4 Å². The van der Waals surface area contributed by atoms with Gasteiger partial charge in [0.1, 0.15) is 0 Å². The van der Waals surface area contributed by atoms with Crippen molar-refractivity contribution in [3.63, 3.8) is 0 Å². The first-order valence-corrected chi connectivity index (χ1v) is 7.29. The first-order valence-electron chi connectivity index (χ1n) is 7.29. The lowest BCUT2D eigenvalue weighted by Crippen LogP contribution is -2.15. The molecule has 0 saturated heterocycles. The minimum atomic E-state index is -0.400. The van der Waals surface area contributed by atoms with Gasteiger partial charge >= 0.3 is 5.97 Å². The number of hydrogen-bond donors (Lipinski definition) is 1. The van der Waals surface area contributed by atoms with Gasteiger partial charge in [-0.05, 0) is 24.5 Å². The summed E-state index contributed by atoms with van der Waals surface area (Å²) in [4.78, 5) is 11.8. The van der Waals surface area contributed by atoms with Gasteiger partial charge in [0, 0.05) is 5.69 Å². The summed E-state index contributed by atoms with van der Waals surface area (Å²) in [5, 5.41) is 0. The summed E-state index contributed by atoms with van der Waals surface area (Å²) in [6.07, 6.45) is 7.56. The van der Waals surface area contributed by atoms with E-state index in [1.807, 2.05) is 12.1 Å². The number of ether oxygens (including phenoxy) is 2. The van der Waals surface area contributed by atoms with Crippen molar-refractivity contribution in [2.75, 3.05) is 12.8 Å². The van der Waals surface area contributed by atoms with Crippen LogP contribution in [0.25, 0.3) is 0 Å². The van der Waals surface area contributed by atoms with Gasteiger partial charge in [0.25, 0.3) is 0 Å². The Labute approximate surface area is 120 Å². The third-order valence-electron chi connectivity index (χ3n) is 3.85. The van der Waals surface area contributed by atoms with Gasteiger partial charge in [0.15, 0.2) is 0 Å². The average Bonchev–Trinajstić information content (AvgIpc) is 2.73. The molecule has 0 amide bonds. The zero-order valence-electron chi connectivity index (χ0n) is 12.1. The van der Waals surface area contributed by atoms with Crippen LogP contribution in [0.15, 0.2) is 18.2 Å². The molecule has 4 heteroatoms. The van der Waals surface area contributed by atoms with Crippen LogP contribution < -0.4 is 5.73 Å². The highest BCUT2D eigenvalue weighted by atomic mass is 16.5. The third kappa shape index (κ3) is 3.73. The maximum atomic E-state index is 11.8. The molecule has 0 radical (unpaired) electrons. The van der Waals surface area contributed by atoms with Gasteiger partial charge in [-0.1, -0.05) is 37.8 Å². The van der Waals surface area contributed by atoms with Crippen molar-refractivity contribution in [2.45, 2.75) is 51.2 Å². The molecule has 0 aliphatic heterocycles. The first kappa shape index (κ1) is 14.9. The third-order valence-corrected chi connectivity index (χ3v) is 3.85. The number of nitrogen functional groups attached to an aromatic ring is 1. The molecule has 0 aromatic heterocycles. The standard InChI is InChI=1S/C16H23NO3/c1-19-16(18)15-12(7-6-10-14(15)17)11-20-13-8-4-2-3-5-9-13/h6-7,10,13H,2-5,8-9,11,17H2,1H3. The van der Waals surface area contributed by atoms with Gasteiger partial charge in [-0.3, -0.25) is 0 Å². The Hall–Kier alpha value is -1.55. The number of benzene rings is 1. The Bertz CT molecular complexity index is 451. The highest BCUT2D eigenvalue weighted by Crippen LogP contribution is 2.23. The van der Waals surface area contributed by atoms with Crippen molar-refractivity contribution < 1.29 is 14.3 Å². The van der Waals surface area contributed by atoms with E-state index in [0.29, 0.717) is 24.0 Å². The Morgan fingerprint density at radius 1 is 1.25 bits per heavy atom. The zero-order valence-corrected chi connectivity index (χ0v) is 12.1. The van der Waals surface area contributed by atoms with Crippen LogP contribution in [-0.2, 0) is 16.1 Å². The molecule has 110 valence electrons. The van der Waals surface area contributed by atoms with Crippen molar-refractivity contribution in [3.8, 4) is 0 Å². The molecule has 1 aliphatic rings. The molecule has 1 fully saturated rings.